The van der Waals surface area contributed by atoms with Crippen molar-refractivity contribution in [2.24, 2.45) is 4.99 Å². The maximum absolute atomic E-state index is 11.1. The third-order valence-electron chi connectivity index (χ3n) is 4.86. The molecule has 1 aliphatic heterocycles. The smallest absolute Gasteiger partial charge is 0.305 e. The Balaban J connectivity index is 1.77. The molecule has 1 fully saturated rings. The average molecular weight is 375 g/mol. The fourth-order valence-corrected chi connectivity index (χ4v) is 3.37. The monoisotopic (exact) mass is 374 g/mol. The van der Waals surface area contributed by atoms with Gasteiger partial charge in [-0.05, 0) is 44.7 Å². The lowest BCUT2D eigenvalue weighted by Gasteiger charge is -2.23. The number of unbranched alkanes of at least 4 members (excludes halogenated alkanes) is 1. The summed E-state index contributed by atoms with van der Waals surface area (Å²) in [6.45, 7) is 6.68. The van der Waals surface area contributed by atoms with Crippen molar-refractivity contribution in [1.29, 1.82) is 0 Å². The van der Waals surface area contributed by atoms with Gasteiger partial charge in [0.2, 0.25) is 0 Å². The highest BCUT2D eigenvalue weighted by molar-refractivity contribution is 5.79. The first-order chi connectivity index (χ1) is 13.2. The summed E-state index contributed by atoms with van der Waals surface area (Å²) < 4.78 is 4.66. The summed E-state index contributed by atoms with van der Waals surface area (Å²) in [5, 5.41) is 6.68. The van der Waals surface area contributed by atoms with Gasteiger partial charge in [-0.2, -0.15) is 0 Å². The summed E-state index contributed by atoms with van der Waals surface area (Å²) in [7, 11) is 1.43. The predicted molar refractivity (Wildman–Crippen MR) is 110 cm³/mol. The molecule has 1 aromatic carbocycles. The van der Waals surface area contributed by atoms with E-state index < -0.39 is 0 Å². The normalized spacial score (nSPS) is 17.7. The lowest BCUT2D eigenvalue weighted by Crippen LogP contribution is -2.39. The molecular weight excluding hydrogens is 340 g/mol. The zero-order chi connectivity index (χ0) is 19.3. The van der Waals surface area contributed by atoms with E-state index in [1.807, 2.05) is 0 Å². The van der Waals surface area contributed by atoms with E-state index in [9.17, 15) is 4.79 Å². The first-order valence-corrected chi connectivity index (χ1v) is 10.1. The van der Waals surface area contributed by atoms with Crippen LogP contribution in [0.1, 0.15) is 44.6 Å². The molecule has 0 amide bonds. The van der Waals surface area contributed by atoms with Gasteiger partial charge in [0.15, 0.2) is 5.96 Å². The van der Waals surface area contributed by atoms with Crippen LogP contribution in [0.4, 0.5) is 0 Å². The number of hydrogen-bond acceptors (Lipinski definition) is 4. The Bertz CT molecular complexity index is 577. The van der Waals surface area contributed by atoms with Gasteiger partial charge in [0, 0.05) is 32.1 Å². The van der Waals surface area contributed by atoms with Crippen LogP contribution in [-0.2, 0) is 16.1 Å². The van der Waals surface area contributed by atoms with Crippen LogP contribution in [0, 0.1) is 0 Å². The lowest BCUT2D eigenvalue weighted by molar-refractivity contribution is -0.140. The second-order valence-corrected chi connectivity index (χ2v) is 6.93. The number of hydrogen-bond donors (Lipinski definition) is 2. The second kappa shape index (κ2) is 12.3. The number of methoxy groups -OCH3 is 1. The maximum Gasteiger partial charge on any atom is 0.305 e. The summed E-state index contributed by atoms with van der Waals surface area (Å²) in [6.07, 6.45) is 4.66. The summed E-state index contributed by atoms with van der Waals surface area (Å²) in [5.74, 6) is 0.720. The van der Waals surface area contributed by atoms with Crippen molar-refractivity contribution in [2.45, 2.75) is 51.6 Å². The molecule has 6 heteroatoms. The molecule has 1 atom stereocenters. The molecule has 0 radical (unpaired) electrons. The van der Waals surface area contributed by atoms with Crippen molar-refractivity contribution in [3.63, 3.8) is 0 Å². The molecule has 1 saturated heterocycles. The Morgan fingerprint density at radius 3 is 2.81 bits per heavy atom. The summed E-state index contributed by atoms with van der Waals surface area (Å²) in [6, 6.07) is 11.2. The zero-order valence-electron chi connectivity index (χ0n) is 16.7. The summed E-state index contributed by atoms with van der Waals surface area (Å²) >= 11 is 0. The van der Waals surface area contributed by atoms with Crippen molar-refractivity contribution in [3.8, 4) is 0 Å². The molecule has 0 saturated carbocycles. The number of aliphatic imine (C=N–C) groups is 1. The minimum atomic E-state index is -0.143. The fraction of sp³-hybridized carbons (Fsp3) is 0.619. The van der Waals surface area contributed by atoms with Crippen LogP contribution in [-0.4, -0.2) is 56.2 Å². The van der Waals surface area contributed by atoms with Crippen LogP contribution in [0.25, 0.3) is 0 Å². The van der Waals surface area contributed by atoms with Crippen molar-refractivity contribution in [1.82, 2.24) is 15.5 Å². The first-order valence-electron chi connectivity index (χ1n) is 10.1. The van der Waals surface area contributed by atoms with Crippen LogP contribution >= 0.6 is 0 Å². The topological polar surface area (TPSA) is 66.0 Å². The van der Waals surface area contributed by atoms with E-state index in [1.54, 1.807) is 0 Å². The molecule has 2 N–H and O–H groups in total. The standard InChI is InChI=1S/C21H34N4O2/c1-3-22-21(23-14-8-7-13-20(26)27-2)24-16-19-12-9-15-25(19)17-18-10-5-4-6-11-18/h4-6,10-11,19H,3,7-9,12-17H2,1-2H3,(H2,22,23,24). The fourth-order valence-electron chi connectivity index (χ4n) is 3.37. The average Bonchev–Trinajstić information content (AvgIpc) is 3.13. The molecule has 27 heavy (non-hydrogen) atoms. The minimum Gasteiger partial charge on any atom is -0.469 e. The Morgan fingerprint density at radius 2 is 2.07 bits per heavy atom. The van der Waals surface area contributed by atoms with E-state index in [-0.39, 0.29) is 5.97 Å². The molecule has 1 unspecified atom stereocenters. The lowest BCUT2D eigenvalue weighted by atomic mass is 10.2. The number of nitrogens with one attached hydrogen (secondary N) is 2. The zero-order valence-corrected chi connectivity index (χ0v) is 16.7. The van der Waals surface area contributed by atoms with E-state index in [0.29, 0.717) is 12.5 Å². The molecule has 0 aromatic heterocycles. The number of carbonyl (C=O) groups is 1. The van der Waals surface area contributed by atoms with E-state index in [1.165, 1.54) is 25.5 Å². The largest absolute Gasteiger partial charge is 0.469 e. The predicted octanol–water partition coefficient (Wildman–Crippen LogP) is 2.55. The van der Waals surface area contributed by atoms with Crippen LogP contribution in [0.5, 0.6) is 0 Å². The van der Waals surface area contributed by atoms with Gasteiger partial charge in [-0.3, -0.25) is 14.7 Å². The van der Waals surface area contributed by atoms with E-state index >= 15 is 0 Å². The number of carbonyl (C=O) groups excluding carboxylic acids is 1. The third kappa shape index (κ3) is 7.99. The Labute approximate surface area is 163 Å². The van der Waals surface area contributed by atoms with E-state index in [2.05, 4.69) is 57.5 Å². The van der Waals surface area contributed by atoms with Crippen molar-refractivity contribution in [2.75, 3.05) is 33.3 Å². The molecule has 6 nitrogen and oxygen atoms in total. The van der Waals surface area contributed by atoms with Gasteiger partial charge in [0.25, 0.3) is 0 Å². The van der Waals surface area contributed by atoms with E-state index in [4.69, 9.17) is 4.99 Å². The quantitative estimate of drug-likeness (QED) is 0.285. The minimum absolute atomic E-state index is 0.143. The molecule has 1 aromatic rings. The Hall–Kier alpha value is -2.08. The second-order valence-electron chi connectivity index (χ2n) is 6.93. The van der Waals surface area contributed by atoms with Crippen LogP contribution in [0.3, 0.4) is 0 Å². The summed E-state index contributed by atoms with van der Waals surface area (Å²) in [4.78, 5) is 18.5. The number of rotatable bonds is 10. The van der Waals surface area contributed by atoms with Crippen molar-refractivity contribution < 1.29 is 9.53 Å². The highest BCUT2D eigenvalue weighted by atomic mass is 16.5. The van der Waals surface area contributed by atoms with Crippen LogP contribution < -0.4 is 10.6 Å². The van der Waals surface area contributed by atoms with Gasteiger partial charge in [0.05, 0.1) is 13.7 Å². The molecule has 0 spiro atoms. The molecule has 0 aliphatic carbocycles. The maximum atomic E-state index is 11.1. The van der Waals surface area contributed by atoms with Crippen molar-refractivity contribution in [3.05, 3.63) is 35.9 Å². The molecule has 1 aliphatic rings. The molecule has 1 heterocycles. The third-order valence-corrected chi connectivity index (χ3v) is 4.86. The number of esters is 1. The molecule has 150 valence electrons. The van der Waals surface area contributed by atoms with Gasteiger partial charge in [-0.15, -0.1) is 0 Å². The highest BCUT2D eigenvalue weighted by Crippen LogP contribution is 2.20. The SMILES string of the molecule is CCNC(=NCC1CCCN1Cc1ccccc1)NCCCCC(=O)OC. The number of nitrogens with zero attached hydrogens (tertiary/aromatic N) is 2. The van der Waals surface area contributed by atoms with Gasteiger partial charge < -0.3 is 15.4 Å². The molecule has 2 rings (SSSR count). The van der Waals surface area contributed by atoms with E-state index in [0.717, 1.165) is 51.5 Å². The molecule has 0 bridgehead atoms. The Kier molecular flexibility index (Phi) is 9.69. The van der Waals surface area contributed by atoms with Gasteiger partial charge >= 0.3 is 5.97 Å². The first kappa shape index (κ1) is 21.2. The Morgan fingerprint density at radius 1 is 1.26 bits per heavy atom. The highest BCUT2D eigenvalue weighted by Gasteiger charge is 2.24. The number of benzene rings is 1. The van der Waals surface area contributed by atoms with Gasteiger partial charge in [0.1, 0.15) is 0 Å². The van der Waals surface area contributed by atoms with Gasteiger partial charge in [-0.1, -0.05) is 30.3 Å². The number of guanidine groups is 1. The number of likely N-dealkylation sites (tertiary alicyclic amines) is 1. The molecular formula is C21H34N4O2. The van der Waals surface area contributed by atoms with Crippen LogP contribution in [0.2, 0.25) is 0 Å². The van der Waals surface area contributed by atoms with Gasteiger partial charge in [-0.25, -0.2) is 0 Å². The number of ether oxygens (including phenoxy) is 1. The van der Waals surface area contributed by atoms with Crippen LogP contribution in [0.15, 0.2) is 35.3 Å². The summed E-state index contributed by atoms with van der Waals surface area (Å²) in [5.41, 5.74) is 1.36. The van der Waals surface area contributed by atoms with Crippen molar-refractivity contribution >= 4 is 11.9 Å².